The lowest BCUT2D eigenvalue weighted by Crippen LogP contribution is -2.17. The molecule has 6 heteroatoms. The second-order valence-corrected chi connectivity index (χ2v) is 5.89. The molecule has 1 fully saturated rings. The van der Waals surface area contributed by atoms with Gasteiger partial charge in [0.2, 0.25) is 11.8 Å². The summed E-state index contributed by atoms with van der Waals surface area (Å²) >= 11 is 1.71. The third-order valence-electron chi connectivity index (χ3n) is 3.26. The first-order valence-corrected chi connectivity index (χ1v) is 7.90. The van der Waals surface area contributed by atoms with Crippen molar-refractivity contribution in [2.75, 3.05) is 25.1 Å². The lowest BCUT2D eigenvalue weighted by atomic mass is 10.3. The fraction of sp³-hybridized carbons (Fsp3) is 0.571. The first-order valence-electron chi connectivity index (χ1n) is 7.09. The van der Waals surface area contributed by atoms with E-state index in [0.717, 1.165) is 36.2 Å². The molecule has 1 atom stereocenters. The van der Waals surface area contributed by atoms with Gasteiger partial charge in [0.25, 0.3) is 0 Å². The molecule has 20 heavy (non-hydrogen) atoms. The van der Waals surface area contributed by atoms with Gasteiger partial charge >= 0.3 is 0 Å². The molecule has 1 unspecified atom stereocenters. The van der Waals surface area contributed by atoms with Crippen LogP contribution in [0.3, 0.4) is 0 Å². The number of fused-ring (bicyclic) bond motifs is 1. The van der Waals surface area contributed by atoms with Crippen molar-refractivity contribution < 1.29 is 9.47 Å². The van der Waals surface area contributed by atoms with Crippen molar-refractivity contribution in [1.29, 1.82) is 0 Å². The Morgan fingerprint density at radius 2 is 2.35 bits per heavy atom. The molecule has 0 aliphatic carbocycles. The summed E-state index contributed by atoms with van der Waals surface area (Å²) in [5.41, 5.74) is 0. The van der Waals surface area contributed by atoms with Crippen LogP contribution in [-0.2, 0) is 11.2 Å². The summed E-state index contributed by atoms with van der Waals surface area (Å²) in [6.07, 6.45) is 2.03. The predicted molar refractivity (Wildman–Crippen MR) is 80.8 cm³/mol. The Balaban J connectivity index is 1.98. The van der Waals surface area contributed by atoms with Gasteiger partial charge < -0.3 is 14.8 Å². The molecule has 3 heterocycles. The highest BCUT2D eigenvalue weighted by atomic mass is 32.1. The first kappa shape index (κ1) is 13.6. The Morgan fingerprint density at radius 3 is 3.05 bits per heavy atom. The molecule has 0 radical (unpaired) electrons. The lowest BCUT2D eigenvalue weighted by Gasteiger charge is -2.12. The van der Waals surface area contributed by atoms with Gasteiger partial charge in [-0.3, -0.25) is 0 Å². The molecule has 3 rings (SSSR count). The van der Waals surface area contributed by atoms with E-state index in [4.69, 9.17) is 9.47 Å². The number of nitrogens with one attached hydrogen (secondary N) is 1. The average molecular weight is 293 g/mol. The third-order valence-corrected chi connectivity index (χ3v) is 4.43. The molecule has 2 aromatic rings. The third kappa shape index (κ3) is 2.71. The fourth-order valence-electron chi connectivity index (χ4n) is 2.21. The van der Waals surface area contributed by atoms with Gasteiger partial charge in [0.05, 0.1) is 18.6 Å². The van der Waals surface area contributed by atoms with Crippen LogP contribution in [0.25, 0.3) is 10.2 Å². The molecule has 108 valence electrons. The van der Waals surface area contributed by atoms with Gasteiger partial charge in [-0.25, -0.2) is 4.98 Å². The van der Waals surface area contributed by atoms with Crippen LogP contribution in [-0.4, -0.2) is 35.8 Å². The summed E-state index contributed by atoms with van der Waals surface area (Å²) in [4.78, 5) is 11.4. The summed E-state index contributed by atoms with van der Waals surface area (Å²) < 4.78 is 11.4. The fourth-order valence-corrected chi connectivity index (χ4v) is 3.17. The van der Waals surface area contributed by atoms with Crippen LogP contribution in [0.15, 0.2) is 6.07 Å². The number of aromatic nitrogens is 2. The normalized spacial score (nSPS) is 18.6. The summed E-state index contributed by atoms with van der Waals surface area (Å²) in [6.45, 7) is 6.39. The number of ether oxygens (including phenoxy) is 2. The van der Waals surface area contributed by atoms with Crippen molar-refractivity contribution in [3.63, 3.8) is 0 Å². The van der Waals surface area contributed by atoms with Crippen molar-refractivity contribution in [2.24, 2.45) is 0 Å². The van der Waals surface area contributed by atoms with Crippen LogP contribution in [0.5, 0.6) is 5.88 Å². The summed E-state index contributed by atoms with van der Waals surface area (Å²) in [7, 11) is 0. The molecule has 1 aliphatic heterocycles. The Hall–Kier alpha value is -1.40. The Morgan fingerprint density at radius 1 is 1.45 bits per heavy atom. The van der Waals surface area contributed by atoms with Gasteiger partial charge in [0.1, 0.15) is 10.9 Å². The summed E-state index contributed by atoms with van der Waals surface area (Å²) in [6, 6.07) is 2.14. The van der Waals surface area contributed by atoms with Crippen LogP contribution >= 0.6 is 11.3 Å². The second kappa shape index (κ2) is 5.93. The van der Waals surface area contributed by atoms with E-state index in [0.29, 0.717) is 18.4 Å². The van der Waals surface area contributed by atoms with Crippen LogP contribution in [0, 0.1) is 0 Å². The predicted octanol–water partition coefficient (Wildman–Crippen LogP) is 2.85. The molecule has 1 aliphatic rings. The van der Waals surface area contributed by atoms with Gasteiger partial charge in [-0.15, -0.1) is 11.3 Å². The van der Waals surface area contributed by atoms with E-state index < -0.39 is 0 Å². The van der Waals surface area contributed by atoms with Crippen molar-refractivity contribution in [1.82, 2.24) is 9.97 Å². The van der Waals surface area contributed by atoms with Crippen molar-refractivity contribution in [3.8, 4) is 5.88 Å². The van der Waals surface area contributed by atoms with E-state index in [1.54, 1.807) is 11.3 Å². The topological polar surface area (TPSA) is 56.3 Å². The summed E-state index contributed by atoms with van der Waals surface area (Å²) in [5, 5.41) is 4.18. The molecular weight excluding hydrogens is 274 g/mol. The monoisotopic (exact) mass is 293 g/mol. The average Bonchev–Trinajstić information content (AvgIpc) is 3.07. The van der Waals surface area contributed by atoms with Gasteiger partial charge in [0, 0.05) is 17.8 Å². The molecule has 1 N–H and O–H groups in total. The van der Waals surface area contributed by atoms with E-state index in [2.05, 4.69) is 28.3 Å². The molecule has 1 saturated heterocycles. The first-order chi connectivity index (χ1) is 9.80. The van der Waals surface area contributed by atoms with Gasteiger partial charge in [-0.1, -0.05) is 6.92 Å². The molecule has 0 amide bonds. The molecule has 0 bridgehead atoms. The minimum atomic E-state index is 0.104. The number of rotatable bonds is 5. The SMILES string of the molecule is CCNc1nc(OC2CCOC2)c2cc(CC)sc2n1. The molecule has 0 spiro atoms. The largest absolute Gasteiger partial charge is 0.471 e. The second-order valence-electron chi connectivity index (χ2n) is 4.77. The Kier molecular flexibility index (Phi) is 4.03. The van der Waals surface area contributed by atoms with Gasteiger partial charge in [-0.2, -0.15) is 4.98 Å². The maximum Gasteiger partial charge on any atom is 0.227 e. The van der Waals surface area contributed by atoms with Crippen molar-refractivity contribution >= 4 is 27.5 Å². The Bertz CT molecular complexity index is 593. The highest BCUT2D eigenvalue weighted by Crippen LogP contribution is 2.32. The number of aryl methyl sites for hydroxylation is 1. The van der Waals surface area contributed by atoms with Crippen LogP contribution in [0.1, 0.15) is 25.1 Å². The number of hydrogen-bond donors (Lipinski definition) is 1. The standard InChI is InChI=1S/C14H19N3O2S/c1-3-10-7-11-12(19-9-5-6-18-8-9)16-14(15-4-2)17-13(11)20-10/h7,9H,3-6,8H2,1-2H3,(H,15,16,17). The van der Waals surface area contributed by atoms with Crippen molar-refractivity contribution in [2.45, 2.75) is 32.8 Å². The lowest BCUT2D eigenvalue weighted by molar-refractivity contribution is 0.139. The zero-order valence-electron chi connectivity index (χ0n) is 11.8. The quantitative estimate of drug-likeness (QED) is 0.918. The number of hydrogen-bond acceptors (Lipinski definition) is 6. The highest BCUT2D eigenvalue weighted by Gasteiger charge is 2.20. The molecular formula is C14H19N3O2S. The zero-order chi connectivity index (χ0) is 13.9. The van der Waals surface area contributed by atoms with Crippen LogP contribution < -0.4 is 10.1 Å². The van der Waals surface area contributed by atoms with Gasteiger partial charge in [0.15, 0.2) is 0 Å². The van der Waals surface area contributed by atoms with E-state index in [1.165, 1.54) is 4.88 Å². The number of thiophene rings is 1. The van der Waals surface area contributed by atoms with E-state index in [9.17, 15) is 0 Å². The van der Waals surface area contributed by atoms with Crippen molar-refractivity contribution in [3.05, 3.63) is 10.9 Å². The number of nitrogens with zero attached hydrogens (tertiary/aromatic N) is 2. The van der Waals surface area contributed by atoms with Gasteiger partial charge in [-0.05, 0) is 19.4 Å². The maximum absolute atomic E-state index is 6.02. The van der Waals surface area contributed by atoms with E-state index in [-0.39, 0.29) is 6.10 Å². The molecule has 0 aromatic carbocycles. The highest BCUT2D eigenvalue weighted by molar-refractivity contribution is 7.18. The minimum absolute atomic E-state index is 0.104. The smallest absolute Gasteiger partial charge is 0.227 e. The van der Waals surface area contributed by atoms with E-state index in [1.807, 2.05) is 6.92 Å². The molecule has 2 aromatic heterocycles. The zero-order valence-corrected chi connectivity index (χ0v) is 12.6. The molecule has 0 saturated carbocycles. The van der Waals surface area contributed by atoms with Crippen LogP contribution in [0.2, 0.25) is 0 Å². The minimum Gasteiger partial charge on any atom is -0.471 e. The number of anilines is 1. The van der Waals surface area contributed by atoms with E-state index >= 15 is 0 Å². The maximum atomic E-state index is 6.02. The summed E-state index contributed by atoms with van der Waals surface area (Å²) in [5.74, 6) is 1.32. The molecule has 5 nitrogen and oxygen atoms in total. The Labute approximate surface area is 122 Å². The van der Waals surface area contributed by atoms with Crippen LogP contribution in [0.4, 0.5) is 5.95 Å².